The third kappa shape index (κ3) is 7.38. The summed E-state index contributed by atoms with van der Waals surface area (Å²) in [5.41, 5.74) is 8.38. The molecule has 0 amide bonds. The lowest BCUT2D eigenvalue weighted by Gasteiger charge is -2.31. The number of likely N-dealkylation sites (tertiary alicyclic amines) is 1. The fourth-order valence-corrected chi connectivity index (χ4v) is 2.63. The van der Waals surface area contributed by atoms with Gasteiger partial charge >= 0.3 is 0 Å². The van der Waals surface area contributed by atoms with Crippen LogP contribution in [0.4, 0.5) is 0 Å². The van der Waals surface area contributed by atoms with Gasteiger partial charge in [-0.25, -0.2) is 4.99 Å². The van der Waals surface area contributed by atoms with Gasteiger partial charge in [-0.05, 0) is 50.7 Å². The first-order valence-electron chi connectivity index (χ1n) is 8.60. The molecular weight excluding hydrogens is 413 g/mol. The molecular formula is C19H32IN3O. The number of halogens is 1. The predicted molar refractivity (Wildman–Crippen MR) is 112 cm³/mol. The number of guanidine groups is 1. The molecule has 1 fully saturated rings. The van der Waals surface area contributed by atoms with E-state index in [4.69, 9.17) is 10.5 Å². The summed E-state index contributed by atoms with van der Waals surface area (Å²) in [6.07, 6.45) is 2.41. The van der Waals surface area contributed by atoms with E-state index in [1.165, 1.54) is 24.0 Å². The van der Waals surface area contributed by atoms with Crippen LogP contribution in [0.5, 0.6) is 0 Å². The summed E-state index contributed by atoms with van der Waals surface area (Å²) in [6.45, 7) is 11.8. The van der Waals surface area contributed by atoms with Gasteiger partial charge in [0.1, 0.15) is 0 Å². The molecule has 1 aliphatic rings. The van der Waals surface area contributed by atoms with E-state index < -0.39 is 0 Å². The molecule has 0 bridgehead atoms. The highest BCUT2D eigenvalue weighted by Crippen LogP contribution is 2.16. The molecule has 1 aromatic carbocycles. The number of aliphatic imine (C=N–C) groups is 1. The number of hydrogen-bond donors (Lipinski definition) is 1. The van der Waals surface area contributed by atoms with Crippen LogP contribution in [0.2, 0.25) is 0 Å². The maximum absolute atomic E-state index is 6.15. The van der Waals surface area contributed by atoms with Gasteiger partial charge in [0.25, 0.3) is 0 Å². The topological polar surface area (TPSA) is 50.8 Å². The van der Waals surface area contributed by atoms with Crippen molar-refractivity contribution in [3.8, 4) is 0 Å². The second-order valence-corrected chi connectivity index (χ2v) is 7.56. The molecule has 0 atom stereocenters. The maximum Gasteiger partial charge on any atom is 0.191 e. The van der Waals surface area contributed by atoms with Crippen molar-refractivity contribution in [1.29, 1.82) is 0 Å². The van der Waals surface area contributed by atoms with Crippen LogP contribution in [0.15, 0.2) is 29.3 Å². The van der Waals surface area contributed by atoms with Crippen molar-refractivity contribution in [3.05, 3.63) is 35.4 Å². The molecule has 1 aliphatic heterocycles. The SMILES string of the molecule is CC1CCN(C(N)=NCc2cccc(COC(C)(C)C)c2)CC1.I. The number of nitrogens with two attached hydrogens (primary N) is 1. The molecule has 1 aromatic rings. The Hall–Kier alpha value is -0.820. The van der Waals surface area contributed by atoms with Crippen molar-refractivity contribution < 1.29 is 4.74 Å². The van der Waals surface area contributed by atoms with E-state index in [0.29, 0.717) is 19.1 Å². The molecule has 0 aliphatic carbocycles. The Morgan fingerprint density at radius 2 is 1.88 bits per heavy atom. The smallest absolute Gasteiger partial charge is 0.191 e. The molecule has 0 radical (unpaired) electrons. The number of hydrogen-bond acceptors (Lipinski definition) is 2. The molecule has 0 spiro atoms. The quantitative estimate of drug-likeness (QED) is 0.430. The second-order valence-electron chi connectivity index (χ2n) is 7.56. The largest absolute Gasteiger partial charge is 0.371 e. The molecule has 2 N–H and O–H groups in total. The van der Waals surface area contributed by atoms with Crippen molar-refractivity contribution in [2.24, 2.45) is 16.6 Å². The number of benzene rings is 1. The Balaban J connectivity index is 0.00000288. The van der Waals surface area contributed by atoms with Gasteiger partial charge in [0.2, 0.25) is 0 Å². The van der Waals surface area contributed by atoms with Crippen LogP contribution in [0.1, 0.15) is 51.7 Å². The van der Waals surface area contributed by atoms with E-state index in [9.17, 15) is 0 Å². The van der Waals surface area contributed by atoms with Crippen LogP contribution >= 0.6 is 24.0 Å². The Kier molecular flexibility index (Phi) is 8.50. The predicted octanol–water partition coefficient (Wildman–Crippen LogP) is 4.17. The first kappa shape index (κ1) is 21.2. The van der Waals surface area contributed by atoms with Crippen LogP contribution in [-0.4, -0.2) is 29.6 Å². The molecule has 0 aromatic heterocycles. The van der Waals surface area contributed by atoms with Crippen LogP contribution in [-0.2, 0) is 17.9 Å². The van der Waals surface area contributed by atoms with Gasteiger partial charge in [0.05, 0.1) is 18.8 Å². The van der Waals surface area contributed by atoms with Crippen molar-refractivity contribution in [3.63, 3.8) is 0 Å². The molecule has 1 saturated heterocycles. The van der Waals surface area contributed by atoms with Crippen LogP contribution in [0.3, 0.4) is 0 Å². The highest BCUT2D eigenvalue weighted by molar-refractivity contribution is 14.0. The summed E-state index contributed by atoms with van der Waals surface area (Å²) in [5.74, 6) is 1.48. The fourth-order valence-electron chi connectivity index (χ4n) is 2.63. The average molecular weight is 445 g/mol. The zero-order chi connectivity index (χ0) is 16.9. The lowest BCUT2D eigenvalue weighted by atomic mass is 10.00. The number of piperidine rings is 1. The monoisotopic (exact) mass is 445 g/mol. The molecule has 0 saturated carbocycles. The van der Waals surface area contributed by atoms with Gasteiger partial charge in [-0.1, -0.05) is 31.2 Å². The zero-order valence-electron chi connectivity index (χ0n) is 15.4. The van der Waals surface area contributed by atoms with Gasteiger partial charge in [0.15, 0.2) is 5.96 Å². The van der Waals surface area contributed by atoms with E-state index in [1.54, 1.807) is 0 Å². The summed E-state index contributed by atoms with van der Waals surface area (Å²) in [5, 5.41) is 0. The van der Waals surface area contributed by atoms with Gasteiger partial charge in [-0.3, -0.25) is 0 Å². The summed E-state index contributed by atoms with van der Waals surface area (Å²) in [6, 6.07) is 8.40. The number of nitrogens with zero attached hydrogens (tertiary/aromatic N) is 2. The average Bonchev–Trinajstić information content (AvgIpc) is 2.51. The summed E-state index contributed by atoms with van der Waals surface area (Å²) >= 11 is 0. The minimum atomic E-state index is -0.121. The Morgan fingerprint density at radius 3 is 2.50 bits per heavy atom. The van der Waals surface area contributed by atoms with Crippen molar-refractivity contribution in [2.45, 2.75) is 59.3 Å². The minimum Gasteiger partial charge on any atom is -0.371 e. The van der Waals surface area contributed by atoms with E-state index in [0.717, 1.165) is 19.0 Å². The van der Waals surface area contributed by atoms with E-state index in [-0.39, 0.29) is 29.6 Å². The molecule has 1 heterocycles. The minimum absolute atomic E-state index is 0. The van der Waals surface area contributed by atoms with E-state index in [1.807, 2.05) is 0 Å². The first-order valence-corrected chi connectivity index (χ1v) is 8.60. The lowest BCUT2D eigenvalue weighted by Crippen LogP contribution is -2.42. The van der Waals surface area contributed by atoms with Crippen LogP contribution < -0.4 is 5.73 Å². The first-order chi connectivity index (χ1) is 10.8. The van der Waals surface area contributed by atoms with Crippen molar-refractivity contribution >= 4 is 29.9 Å². The van der Waals surface area contributed by atoms with Gasteiger partial charge in [-0.15, -0.1) is 24.0 Å². The zero-order valence-corrected chi connectivity index (χ0v) is 17.7. The third-order valence-corrected chi connectivity index (χ3v) is 4.19. The molecule has 0 unspecified atom stereocenters. The number of rotatable bonds is 4. The van der Waals surface area contributed by atoms with Gasteiger partial charge in [0, 0.05) is 13.1 Å². The normalized spacial score (nSPS) is 16.8. The van der Waals surface area contributed by atoms with E-state index >= 15 is 0 Å². The molecule has 136 valence electrons. The van der Waals surface area contributed by atoms with Crippen LogP contribution in [0, 0.1) is 5.92 Å². The third-order valence-electron chi connectivity index (χ3n) is 4.19. The van der Waals surface area contributed by atoms with Crippen LogP contribution in [0.25, 0.3) is 0 Å². The standard InChI is InChI=1S/C19H31N3O.HI/c1-15-8-10-22(11-9-15)18(20)21-13-16-6-5-7-17(12-16)14-23-19(2,3)4;/h5-7,12,15H,8-11,13-14H2,1-4H3,(H2,20,21);1H. The summed E-state index contributed by atoms with van der Waals surface area (Å²) < 4.78 is 5.83. The Labute approximate surface area is 163 Å². The second kappa shape index (κ2) is 9.61. The molecule has 24 heavy (non-hydrogen) atoms. The van der Waals surface area contributed by atoms with Gasteiger partial charge < -0.3 is 15.4 Å². The lowest BCUT2D eigenvalue weighted by molar-refractivity contribution is -0.0149. The number of ether oxygens (including phenoxy) is 1. The van der Waals surface area contributed by atoms with Crippen molar-refractivity contribution in [1.82, 2.24) is 4.90 Å². The molecule has 4 nitrogen and oxygen atoms in total. The summed E-state index contributed by atoms with van der Waals surface area (Å²) in [4.78, 5) is 6.77. The molecule has 5 heteroatoms. The highest BCUT2D eigenvalue weighted by atomic mass is 127. The Morgan fingerprint density at radius 1 is 1.25 bits per heavy atom. The Bertz CT molecular complexity index is 532. The van der Waals surface area contributed by atoms with E-state index in [2.05, 4.69) is 61.9 Å². The maximum atomic E-state index is 6.15. The van der Waals surface area contributed by atoms with Crippen molar-refractivity contribution in [2.75, 3.05) is 13.1 Å². The fraction of sp³-hybridized carbons (Fsp3) is 0.632. The summed E-state index contributed by atoms with van der Waals surface area (Å²) in [7, 11) is 0. The van der Waals surface area contributed by atoms with Gasteiger partial charge in [-0.2, -0.15) is 0 Å². The highest BCUT2D eigenvalue weighted by Gasteiger charge is 2.16. The molecule has 2 rings (SSSR count).